The number of alkyl halides is 3. The zero-order valence-corrected chi connectivity index (χ0v) is 18.7. The second kappa shape index (κ2) is 7.77. The van der Waals surface area contributed by atoms with Gasteiger partial charge in [-0.3, -0.25) is 14.7 Å². The van der Waals surface area contributed by atoms with E-state index in [0.29, 0.717) is 23.9 Å². The molecule has 1 spiro atoms. The summed E-state index contributed by atoms with van der Waals surface area (Å²) < 4.78 is 60.3. The van der Waals surface area contributed by atoms with Gasteiger partial charge in [-0.1, -0.05) is 0 Å². The Bertz CT molecular complexity index is 1370. The van der Waals surface area contributed by atoms with Gasteiger partial charge < -0.3 is 9.64 Å². The Morgan fingerprint density at radius 3 is 2.61 bits per heavy atom. The maximum Gasteiger partial charge on any atom is 0.419 e. The molecule has 2 aromatic heterocycles. The third-order valence-corrected chi connectivity index (χ3v) is 6.93. The molecule has 4 heterocycles. The number of amides is 2. The van der Waals surface area contributed by atoms with Gasteiger partial charge in [0.1, 0.15) is 11.4 Å². The van der Waals surface area contributed by atoms with Crippen LogP contribution in [-0.4, -0.2) is 67.8 Å². The van der Waals surface area contributed by atoms with Crippen LogP contribution in [0.25, 0.3) is 16.9 Å². The van der Waals surface area contributed by atoms with Gasteiger partial charge in [0.25, 0.3) is 5.91 Å². The van der Waals surface area contributed by atoms with Crippen molar-refractivity contribution in [1.29, 1.82) is 0 Å². The summed E-state index contributed by atoms with van der Waals surface area (Å²) in [6.45, 7) is 0.899. The molecule has 36 heavy (non-hydrogen) atoms. The van der Waals surface area contributed by atoms with Crippen LogP contribution in [0.1, 0.15) is 28.9 Å². The second-order valence-electron chi connectivity index (χ2n) is 9.12. The lowest BCUT2D eigenvalue weighted by atomic mass is 10.1. The molecule has 1 aliphatic carbocycles. The van der Waals surface area contributed by atoms with Crippen molar-refractivity contribution < 1.29 is 31.9 Å². The monoisotopic (exact) mass is 501 g/mol. The molecule has 1 saturated carbocycles. The van der Waals surface area contributed by atoms with Crippen molar-refractivity contribution in [1.82, 2.24) is 24.6 Å². The van der Waals surface area contributed by atoms with Crippen LogP contribution in [0.4, 0.5) is 22.4 Å². The summed E-state index contributed by atoms with van der Waals surface area (Å²) in [6.07, 6.45) is -0.641. The summed E-state index contributed by atoms with van der Waals surface area (Å²) in [5.74, 6) is -1.85. The van der Waals surface area contributed by atoms with Gasteiger partial charge >= 0.3 is 12.3 Å². The molecule has 0 N–H and O–H groups in total. The average Bonchev–Trinajstić information content (AvgIpc) is 3.40. The molecule has 3 fully saturated rings. The number of aromatic nitrogens is 3. The first-order chi connectivity index (χ1) is 17.2. The van der Waals surface area contributed by atoms with Crippen LogP contribution >= 0.6 is 0 Å². The van der Waals surface area contributed by atoms with E-state index >= 15 is 0 Å². The Morgan fingerprint density at radius 2 is 1.94 bits per heavy atom. The van der Waals surface area contributed by atoms with Crippen LogP contribution in [0.5, 0.6) is 0 Å². The number of hydrogen-bond acceptors (Lipinski definition) is 5. The van der Waals surface area contributed by atoms with Crippen LogP contribution in [0, 0.1) is 5.82 Å². The fraction of sp³-hybridized carbons (Fsp3) is 0.333. The summed E-state index contributed by atoms with van der Waals surface area (Å²) in [5.41, 5.74) is -0.956. The zero-order chi connectivity index (χ0) is 25.2. The third kappa shape index (κ3) is 3.59. The van der Waals surface area contributed by atoms with Crippen LogP contribution in [0.3, 0.4) is 0 Å². The Labute approximate surface area is 202 Å². The van der Waals surface area contributed by atoms with Gasteiger partial charge in [-0.25, -0.2) is 13.9 Å². The van der Waals surface area contributed by atoms with E-state index in [1.807, 2.05) is 0 Å². The minimum atomic E-state index is -4.84. The Balaban J connectivity index is 1.36. The van der Waals surface area contributed by atoms with E-state index in [1.54, 1.807) is 28.1 Å². The lowest BCUT2D eigenvalue weighted by molar-refractivity contribution is -0.140. The minimum Gasteiger partial charge on any atom is -0.441 e. The fourth-order valence-electron chi connectivity index (χ4n) is 4.93. The summed E-state index contributed by atoms with van der Waals surface area (Å²) in [7, 11) is 0. The molecule has 2 amide bonds. The van der Waals surface area contributed by atoms with Gasteiger partial charge in [0.2, 0.25) is 0 Å². The first-order valence-corrected chi connectivity index (χ1v) is 11.3. The van der Waals surface area contributed by atoms with Gasteiger partial charge in [0.15, 0.2) is 5.69 Å². The van der Waals surface area contributed by atoms with Crippen molar-refractivity contribution in [2.24, 2.45) is 0 Å². The zero-order valence-electron chi connectivity index (χ0n) is 18.7. The standard InChI is InChI=1S/C24H19F4N5O3/c25-17-10-15(3-4-16(17)24(26,27)28)33-19(14-2-1-7-29-12-14)11-18(30-33)21(34)31-8-9-32-20(13-31)23(5-6-23)36-22(32)35/h1-4,7,10-12,20H,5-6,8-9,13H2. The number of halogens is 4. The number of benzene rings is 1. The van der Waals surface area contributed by atoms with E-state index < -0.39 is 29.1 Å². The maximum absolute atomic E-state index is 14.4. The largest absolute Gasteiger partial charge is 0.441 e. The summed E-state index contributed by atoms with van der Waals surface area (Å²) >= 11 is 0. The molecule has 0 bridgehead atoms. The maximum atomic E-state index is 14.4. The smallest absolute Gasteiger partial charge is 0.419 e. The fourth-order valence-corrected chi connectivity index (χ4v) is 4.93. The van der Waals surface area contributed by atoms with Crippen LogP contribution in [0.15, 0.2) is 48.8 Å². The highest BCUT2D eigenvalue weighted by Crippen LogP contribution is 2.50. The molecule has 6 rings (SSSR count). The number of ether oxygens (including phenoxy) is 1. The minimum absolute atomic E-state index is 0.0231. The van der Waals surface area contributed by atoms with E-state index in [4.69, 9.17) is 4.74 Å². The molecule has 8 nitrogen and oxygen atoms in total. The lowest BCUT2D eigenvalue weighted by Crippen LogP contribution is -2.56. The van der Waals surface area contributed by atoms with Crippen molar-refractivity contribution in [2.45, 2.75) is 30.7 Å². The quantitative estimate of drug-likeness (QED) is 0.509. The van der Waals surface area contributed by atoms with E-state index in [-0.39, 0.29) is 36.6 Å². The highest BCUT2D eigenvalue weighted by atomic mass is 19.4. The van der Waals surface area contributed by atoms with Gasteiger partial charge in [-0.05, 0) is 43.2 Å². The van der Waals surface area contributed by atoms with Crippen LogP contribution in [0.2, 0.25) is 0 Å². The Kier molecular flexibility index (Phi) is 4.86. The van der Waals surface area contributed by atoms with E-state index in [2.05, 4.69) is 10.1 Å². The van der Waals surface area contributed by atoms with E-state index in [0.717, 1.165) is 25.0 Å². The predicted octanol–water partition coefficient (Wildman–Crippen LogP) is 3.90. The van der Waals surface area contributed by atoms with E-state index in [1.165, 1.54) is 16.9 Å². The SMILES string of the molecule is O=C(c1cc(-c2cccnc2)n(-c2ccc(C(F)(F)F)c(F)c2)n1)N1CCN2C(=O)OC3(CC3)C2C1. The molecule has 3 aliphatic rings. The highest BCUT2D eigenvalue weighted by Gasteiger charge is 2.63. The Morgan fingerprint density at radius 1 is 1.14 bits per heavy atom. The number of carbonyl (C=O) groups excluding carboxylic acids is 2. The molecular formula is C24H19F4N5O3. The van der Waals surface area contributed by atoms with Gasteiger partial charge in [-0.15, -0.1) is 0 Å². The molecule has 2 aliphatic heterocycles. The lowest BCUT2D eigenvalue weighted by Gasteiger charge is -2.36. The van der Waals surface area contributed by atoms with Crippen molar-refractivity contribution in [2.75, 3.05) is 19.6 Å². The van der Waals surface area contributed by atoms with Crippen molar-refractivity contribution >= 4 is 12.0 Å². The summed E-state index contributed by atoms with van der Waals surface area (Å²) in [6, 6.07) is 7.12. The van der Waals surface area contributed by atoms with Crippen molar-refractivity contribution in [3.8, 4) is 16.9 Å². The van der Waals surface area contributed by atoms with Gasteiger partial charge in [0, 0.05) is 43.7 Å². The first-order valence-electron chi connectivity index (χ1n) is 11.3. The average molecular weight is 501 g/mol. The van der Waals surface area contributed by atoms with Crippen molar-refractivity contribution in [3.05, 3.63) is 65.9 Å². The number of pyridine rings is 1. The molecule has 3 aromatic rings. The van der Waals surface area contributed by atoms with Gasteiger partial charge in [0.05, 0.1) is 23.0 Å². The van der Waals surface area contributed by atoms with Crippen LogP contribution < -0.4 is 0 Å². The summed E-state index contributed by atoms with van der Waals surface area (Å²) in [5, 5.41) is 4.36. The molecule has 0 radical (unpaired) electrons. The molecule has 1 aromatic carbocycles. The number of carbonyl (C=O) groups is 2. The summed E-state index contributed by atoms with van der Waals surface area (Å²) in [4.78, 5) is 32.9. The molecule has 12 heteroatoms. The molecule has 186 valence electrons. The molecular weight excluding hydrogens is 482 g/mol. The van der Waals surface area contributed by atoms with Crippen LogP contribution in [-0.2, 0) is 10.9 Å². The van der Waals surface area contributed by atoms with E-state index in [9.17, 15) is 27.2 Å². The number of rotatable bonds is 3. The Hall–Kier alpha value is -3.96. The molecule has 1 atom stereocenters. The third-order valence-electron chi connectivity index (χ3n) is 6.93. The predicted molar refractivity (Wildman–Crippen MR) is 117 cm³/mol. The molecule has 2 saturated heterocycles. The first kappa shape index (κ1) is 22.5. The van der Waals surface area contributed by atoms with Gasteiger partial charge in [-0.2, -0.15) is 18.3 Å². The number of hydrogen-bond donors (Lipinski definition) is 0. The molecule has 1 unspecified atom stereocenters. The van der Waals surface area contributed by atoms with Crippen molar-refractivity contribution in [3.63, 3.8) is 0 Å². The number of fused-ring (bicyclic) bond motifs is 2. The number of nitrogens with zero attached hydrogens (tertiary/aromatic N) is 5. The second-order valence-corrected chi connectivity index (χ2v) is 9.12. The number of piperazine rings is 1. The normalized spacial score (nSPS) is 20.4. The highest BCUT2D eigenvalue weighted by molar-refractivity contribution is 5.94. The topological polar surface area (TPSA) is 80.6 Å².